The van der Waals surface area contributed by atoms with Crippen LogP contribution in [0.25, 0.3) is 0 Å². The molecule has 116 valence electrons. The summed E-state index contributed by atoms with van der Waals surface area (Å²) in [5.41, 5.74) is 0.614. The van der Waals surface area contributed by atoms with Crippen LogP contribution in [0, 0.1) is 0 Å². The first kappa shape index (κ1) is 16.3. The molecule has 0 spiro atoms. The summed E-state index contributed by atoms with van der Waals surface area (Å²) in [6.45, 7) is -1.18. The number of hydrogen-bond acceptors (Lipinski definition) is 5. The number of carbonyl (C=O) groups excluding carboxylic acids is 1. The topological polar surface area (TPSA) is 65.0 Å². The zero-order valence-electron chi connectivity index (χ0n) is 12.4. The molecule has 0 aliphatic rings. The zero-order chi connectivity index (χ0) is 16.0. The van der Waals surface area contributed by atoms with Gasteiger partial charge in [-0.25, -0.2) is 0 Å². The lowest BCUT2D eigenvalue weighted by molar-refractivity contribution is -0.346. The van der Waals surface area contributed by atoms with Gasteiger partial charge in [-0.15, -0.1) is 0 Å². The molecule has 2 aromatic carbocycles. The smallest absolute Gasteiger partial charge is 0.274 e. The van der Waals surface area contributed by atoms with Crippen molar-refractivity contribution in [2.45, 2.75) is 12.3 Å². The van der Waals surface area contributed by atoms with Crippen molar-refractivity contribution < 1.29 is 24.1 Å². The Kier molecular flexibility index (Phi) is 5.41. The fourth-order valence-electron chi connectivity index (χ4n) is 2.03. The van der Waals surface area contributed by atoms with Gasteiger partial charge >= 0.3 is 0 Å². The molecule has 0 aliphatic carbocycles. The van der Waals surface area contributed by atoms with E-state index >= 15 is 0 Å². The monoisotopic (exact) mass is 302 g/mol. The van der Waals surface area contributed by atoms with Crippen LogP contribution in [0.1, 0.15) is 15.9 Å². The molecular formula is C17H18O5. The van der Waals surface area contributed by atoms with Crippen molar-refractivity contribution in [2.75, 3.05) is 14.2 Å². The predicted molar refractivity (Wildman–Crippen MR) is 80.0 cm³/mol. The van der Waals surface area contributed by atoms with Crippen molar-refractivity contribution in [1.29, 1.82) is 0 Å². The number of ketones is 1. The summed E-state index contributed by atoms with van der Waals surface area (Å²) >= 11 is 0. The van der Waals surface area contributed by atoms with E-state index in [1.165, 1.54) is 14.2 Å². The normalized spacial score (nSPS) is 13.8. The molecule has 2 aromatic rings. The van der Waals surface area contributed by atoms with Gasteiger partial charge in [0.25, 0.3) is 12.3 Å². The third-order valence-corrected chi connectivity index (χ3v) is 3.16. The molecule has 0 aromatic heterocycles. The Balaban J connectivity index is 2.43. The number of Topliss-reactive ketones (excluding diaryl/α,β-unsaturated/α-hetero) is 1. The highest BCUT2D eigenvalue weighted by Crippen LogP contribution is 2.29. The van der Waals surface area contributed by atoms with E-state index in [9.17, 15) is 9.90 Å². The fourth-order valence-corrected chi connectivity index (χ4v) is 2.03. The van der Waals surface area contributed by atoms with Crippen molar-refractivity contribution >= 4 is 5.78 Å². The number of methoxy groups -OCH3 is 2. The van der Waals surface area contributed by atoms with Crippen molar-refractivity contribution in [3.8, 4) is 0 Å². The Hall–Kier alpha value is -2.05. The van der Waals surface area contributed by atoms with Gasteiger partial charge in [0.05, 0.1) is 0 Å². The molecule has 0 amide bonds. The van der Waals surface area contributed by atoms with Gasteiger partial charge in [0, 0.05) is 25.3 Å². The SMILES string of the molecule is COC(OC)OC(O)(C(=O)c1ccccc1)c1ccccc1. The lowest BCUT2D eigenvalue weighted by Crippen LogP contribution is -2.43. The first-order valence-electron chi connectivity index (χ1n) is 6.73. The van der Waals surface area contributed by atoms with Crippen LogP contribution in [-0.4, -0.2) is 31.6 Å². The van der Waals surface area contributed by atoms with E-state index in [1.54, 1.807) is 60.7 Å². The maximum absolute atomic E-state index is 12.7. The third kappa shape index (κ3) is 3.40. The summed E-state index contributed by atoms with van der Waals surface area (Å²) < 4.78 is 15.3. The number of hydrogen-bond donors (Lipinski definition) is 1. The Bertz CT molecular complexity index is 595. The van der Waals surface area contributed by atoms with Crippen LogP contribution >= 0.6 is 0 Å². The molecule has 1 unspecified atom stereocenters. The maximum Gasteiger partial charge on any atom is 0.274 e. The zero-order valence-corrected chi connectivity index (χ0v) is 12.4. The highest BCUT2D eigenvalue weighted by atomic mass is 16.9. The van der Waals surface area contributed by atoms with Crippen molar-refractivity contribution in [3.05, 3.63) is 71.8 Å². The summed E-state index contributed by atoms with van der Waals surface area (Å²) in [5, 5.41) is 10.9. The molecule has 0 radical (unpaired) electrons. The minimum atomic E-state index is -2.21. The lowest BCUT2D eigenvalue weighted by Gasteiger charge is -2.30. The Morgan fingerprint density at radius 3 is 1.95 bits per heavy atom. The largest absolute Gasteiger partial charge is 0.355 e. The summed E-state index contributed by atoms with van der Waals surface area (Å²) in [7, 11) is 2.71. The Morgan fingerprint density at radius 2 is 1.45 bits per heavy atom. The Labute approximate surface area is 129 Å². The van der Waals surface area contributed by atoms with E-state index in [4.69, 9.17) is 14.2 Å². The third-order valence-electron chi connectivity index (χ3n) is 3.16. The molecule has 5 nitrogen and oxygen atoms in total. The van der Waals surface area contributed by atoms with Gasteiger partial charge in [-0.05, 0) is 0 Å². The second kappa shape index (κ2) is 7.29. The van der Waals surface area contributed by atoms with E-state index < -0.39 is 18.0 Å². The van der Waals surface area contributed by atoms with Crippen LogP contribution < -0.4 is 0 Å². The highest BCUT2D eigenvalue weighted by Gasteiger charge is 2.42. The van der Waals surface area contributed by atoms with E-state index in [0.717, 1.165) is 0 Å². The molecule has 5 heteroatoms. The van der Waals surface area contributed by atoms with Gasteiger partial charge in [-0.1, -0.05) is 60.7 Å². The van der Waals surface area contributed by atoms with Crippen LogP contribution in [0.5, 0.6) is 0 Å². The number of rotatable bonds is 7. The molecule has 0 saturated carbocycles. The van der Waals surface area contributed by atoms with Gasteiger partial charge < -0.3 is 14.6 Å². The van der Waals surface area contributed by atoms with Crippen LogP contribution in [0.4, 0.5) is 0 Å². The molecule has 1 atom stereocenters. The minimum absolute atomic E-state index is 0.294. The summed E-state index contributed by atoms with van der Waals surface area (Å²) in [5.74, 6) is -2.81. The Morgan fingerprint density at radius 1 is 0.955 bits per heavy atom. The van der Waals surface area contributed by atoms with E-state index in [0.29, 0.717) is 11.1 Å². The number of aliphatic hydroxyl groups is 1. The molecule has 0 saturated heterocycles. The molecular weight excluding hydrogens is 284 g/mol. The first-order chi connectivity index (χ1) is 10.6. The maximum atomic E-state index is 12.7. The number of benzene rings is 2. The van der Waals surface area contributed by atoms with Gasteiger partial charge in [-0.3, -0.25) is 9.53 Å². The van der Waals surface area contributed by atoms with Crippen LogP contribution in [0.3, 0.4) is 0 Å². The van der Waals surface area contributed by atoms with Crippen LogP contribution in [0.15, 0.2) is 60.7 Å². The van der Waals surface area contributed by atoms with E-state index in [-0.39, 0.29) is 0 Å². The van der Waals surface area contributed by atoms with Crippen LogP contribution in [-0.2, 0) is 20.0 Å². The average Bonchev–Trinajstić information content (AvgIpc) is 2.60. The van der Waals surface area contributed by atoms with E-state index in [1.807, 2.05) is 0 Å². The molecule has 0 fully saturated rings. The minimum Gasteiger partial charge on any atom is -0.355 e. The lowest BCUT2D eigenvalue weighted by atomic mass is 9.96. The van der Waals surface area contributed by atoms with Crippen LogP contribution in [0.2, 0.25) is 0 Å². The molecule has 22 heavy (non-hydrogen) atoms. The van der Waals surface area contributed by atoms with E-state index in [2.05, 4.69) is 0 Å². The average molecular weight is 302 g/mol. The van der Waals surface area contributed by atoms with Crippen molar-refractivity contribution in [3.63, 3.8) is 0 Å². The second-order valence-electron chi connectivity index (χ2n) is 4.58. The number of ether oxygens (including phenoxy) is 3. The summed E-state index contributed by atoms with van der Waals surface area (Å²) in [6.07, 6.45) is 0. The van der Waals surface area contributed by atoms with Crippen molar-refractivity contribution in [2.24, 2.45) is 0 Å². The summed E-state index contributed by atoms with van der Waals surface area (Å²) in [6, 6.07) is 16.8. The van der Waals surface area contributed by atoms with Gasteiger partial charge in [0.1, 0.15) is 0 Å². The molecule has 2 rings (SSSR count). The van der Waals surface area contributed by atoms with Crippen molar-refractivity contribution in [1.82, 2.24) is 0 Å². The van der Waals surface area contributed by atoms with Gasteiger partial charge in [0.2, 0.25) is 5.78 Å². The number of carbonyl (C=O) groups is 1. The first-order valence-corrected chi connectivity index (χ1v) is 6.73. The second-order valence-corrected chi connectivity index (χ2v) is 4.58. The van der Waals surface area contributed by atoms with Gasteiger partial charge in [0.15, 0.2) is 0 Å². The highest BCUT2D eigenvalue weighted by molar-refractivity contribution is 6.01. The van der Waals surface area contributed by atoms with Gasteiger partial charge in [-0.2, -0.15) is 0 Å². The molecule has 0 bridgehead atoms. The standard InChI is InChI=1S/C17H18O5/c1-20-16(21-2)22-17(19,14-11-7-4-8-12-14)15(18)13-9-5-3-6-10-13/h3-12,16,19H,1-2H3. The molecule has 0 heterocycles. The predicted octanol–water partition coefficient (Wildman–Crippen LogP) is 2.31. The summed E-state index contributed by atoms with van der Waals surface area (Å²) in [4.78, 5) is 12.7. The fraction of sp³-hybridized carbons (Fsp3) is 0.235. The quantitative estimate of drug-likeness (QED) is 0.628. The molecule has 1 N–H and O–H groups in total. The molecule has 0 aliphatic heterocycles.